The third-order valence-electron chi connectivity index (χ3n) is 3.39. The fourth-order valence-corrected chi connectivity index (χ4v) is 2.22. The number of hydrogen-bond acceptors (Lipinski definition) is 2. The number of benzene rings is 1. The summed E-state index contributed by atoms with van der Waals surface area (Å²) in [5.41, 5.74) is -0.0704. The average molecular weight is 264 g/mol. The molecule has 0 fully saturated rings. The van der Waals surface area contributed by atoms with Crippen LogP contribution in [0.5, 0.6) is 0 Å². The van der Waals surface area contributed by atoms with Crippen LogP contribution in [0.3, 0.4) is 0 Å². The standard InChI is InChI=1S/C16H24O3/c1-3-5-11-16(15(17)18,13-19-12-4-2)14-9-7-6-8-10-14/h6-10H,3-5,11-13H2,1-2H3,(H,17,18). The van der Waals surface area contributed by atoms with Gasteiger partial charge >= 0.3 is 5.97 Å². The van der Waals surface area contributed by atoms with Crippen LogP contribution < -0.4 is 0 Å². The lowest BCUT2D eigenvalue weighted by molar-refractivity contribution is -0.147. The van der Waals surface area contributed by atoms with Crippen LogP contribution in [0.1, 0.15) is 45.1 Å². The molecule has 1 aromatic rings. The Hall–Kier alpha value is -1.35. The summed E-state index contributed by atoms with van der Waals surface area (Å²) in [7, 11) is 0. The normalized spacial score (nSPS) is 14.0. The minimum absolute atomic E-state index is 0.250. The summed E-state index contributed by atoms with van der Waals surface area (Å²) >= 11 is 0. The summed E-state index contributed by atoms with van der Waals surface area (Å²) < 4.78 is 5.58. The number of ether oxygens (including phenoxy) is 1. The maximum atomic E-state index is 11.8. The van der Waals surface area contributed by atoms with E-state index < -0.39 is 11.4 Å². The number of carbonyl (C=O) groups is 1. The van der Waals surface area contributed by atoms with Crippen molar-refractivity contribution < 1.29 is 14.6 Å². The fraction of sp³-hybridized carbons (Fsp3) is 0.562. The lowest BCUT2D eigenvalue weighted by atomic mass is 9.77. The summed E-state index contributed by atoms with van der Waals surface area (Å²) in [6.45, 7) is 4.95. The number of aliphatic carboxylic acids is 1. The fourth-order valence-electron chi connectivity index (χ4n) is 2.22. The minimum Gasteiger partial charge on any atom is -0.481 e. The Morgan fingerprint density at radius 1 is 1.21 bits per heavy atom. The van der Waals surface area contributed by atoms with Gasteiger partial charge in [0.15, 0.2) is 0 Å². The first-order chi connectivity index (χ1) is 9.17. The zero-order valence-electron chi connectivity index (χ0n) is 11.9. The largest absolute Gasteiger partial charge is 0.481 e. The molecular weight excluding hydrogens is 240 g/mol. The molecule has 0 aliphatic rings. The highest BCUT2D eigenvalue weighted by Gasteiger charge is 2.40. The zero-order valence-corrected chi connectivity index (χ0v) is 11.9. The molecule has 0 radical (unpaired) electrons. The van der Waals surface area contributed by atoms with Gasteiger partial charge in [0, 0.05) is 6.61 Å². The molecule has 0 aromatic heterocycles. The Labute approximate surface area is 115 Å². The van der Waals surface area contributed by atoms with Crippen molar-refractivity contribution in [2.45, 2.75) is 44.9 Å². The van der Waals surface area contributed by atoms with Crippen LogP contribution in [0.2, 0.25) is 0 Å². The first kappa shape index (κ1) is 15.7. The molecule has 0 spiro atoms. The van der Waals surface area contributed by atoms with E-state index >= 15 is 0 Å². The Balaban J connectivity index is 3.00. The minimum atomic E-state index is -0.910. The van der Waals surface area contributed by atoms with Crippen molar-refractivity contribution in [2.75, 3.05) is 13.2 Å². The molecular formula is C16H24O3. The Morgan fingerprint density at radius 3 is 2.42 bits per heavy atom. The van der Waals surface area contributed by atoms with Crippen LogP contribution in [0.4, 0.5) is 0 Å². The van der Waals surface area contributed by atoms with Gasteiger partial charge in [0.05, 0.1) is 6.61 Å². The van der Waals surface area contributed by atoms with E-state index in [1.165, 1.54) is 0 Å². The molecule has 0 heterocycles. The molecule has 3 heteroatoms. The van der Waals surface area contributed by atoms with Gasteiger partial charge in [-0.2, -0.15) is 0 Å². The molecule has 1 aromatic carbocycles. The molecule has 106 valence electrons. The van der Waals surface area contributed by atoms with Crippen molar-refractivity contribution in [3.63, 3.8) is 0 Å². The second-order valence-corrected chi connectivity index (χ2v) is 4.91. The number of carboxylic acid groups (broad SMARTS) is 1. The first-order valence-corrected chi connectivity index (χ1v) is 7.04. The summed E-state index contributed by atoms with van der Waals surface area (Å²) in [4.78, 5) is 11.8. The second kappa shape index (κ2) is 7.95. The number of rotatable bonds is 9. The molecule has 0 aliphatic heterocycles. The Kier molecular flexibility index (Phi) is 6.57. The van der Waals surface area contributed by atoms with Crippen molar-refractivity contribution in [3.05, 3.63) is 35.9 Å². The molecule has 1 rings (SSSR count). The SMILES string of the molecule is CCCCC(COCCC)(C(=O)O)c1ccccc1. The van der Waals surface area contributed by atoms with Crippen molar-refractivity contribution >= 4 is 5.97 Å². The van der Waals surface area contributed by atoms with Gasteiger partial charge in [-0.1, -0.05) is 57.0 Å². The average Bonchev–Trinajstić information content (AvgIpc) is 2.43. The molecule has 1 unspecified atom stereocenters. The van der Waals surface area contributed by atoms with Crippen molar-refractivity contribution in [1.29, 1.82) is 0 Å². The van der Waals surface area contributed by atoms with E-state index in [0.717, 1.165) is 24.8 Å². The second-order valence-electron chi connectivity index (χ2n) is 4.91. The van der Waals surface area contributed by atoms with Gasteiger partial charge in [0.2, 0.25) is 0 Å². The van der Waals surface area contributed by atoms with Gasteiger partial charge < -0.3 is 9.84 Å². The molecule has 0 aliphatic carbocycles. The smallest absolute Gasteiger partial charge is 0.316 e. The molecule has 0 saturated heterocycles. The number of unbranched alkanes of at least 4 members (excludes halogenated alkanes) is 1. The van der Waals surface area contributed by atoms with Gasteiger partial charge in [-0.25, -0.2) is 0 Å². The zero-order chi connectivity index (χ0) is 14.1. The summed E-state index contributed by atoms with van der Waals surface area (Å²) in [5, 5.41) is 9.72. The number of hydrogen-bond donors (Lipinski definition) is 1. The predicted octanol–water partition coefficient (Wildman–Crippen LogP) is 3.63. The van der Waals surface area contributed by atoms with E-state index in [1.807, 2.05) is 37.3 Å². The van der Waals surface area contributed by atoms with E-state index in [2.05, 4.69) is 6.92 Å². The summed E-state index contributed by atoms with van der Waals surface area (Å²) in [6, 6.07) is 9.46. The van der Waals surface area contributed by atoms with Crippen LogP contribution >= 0.6 is 0 Å². The molecule has 1 N–H and O–H groups in total. The van der Waals surface area contributed by atoms with E-state index in [-0.39, 0.29) is 6.61 Å². The van der Waals surface area contributed by atoms with Crippen LogP contribution in [0.15, 0.2) is 30.3 Å². The van der Waals surface area contributed by atoms with Gasteiger partial charge in [-0.3, -0.25) is 4.79 Å². The lowest BCUT2D eigenvalue weighted by Crippen LogP contribution is -2.40. The van der Waals surface area contributed by atoms with Crippen LogP contribution in [0.25, 0.3) is 0 Å². The molecule has 0 bridgehead atoms. The monoisotopic (exact) mass is 264 g/mol. The van der Waals surface area contributed by atoms with Gasteiger partial charge in [0.1, 0.15) is 5.41 Å². The van der Waals surface area contributed by atoms with Crippen LogP contribution in [-0.2, 0) is 14.9 Å². The van der Waals surface area contributed by atoms with Crippen LogP contribution in [-0.4, -0.2) is 24.3 Å². The van der Waals surface area contributed by atoms with E-state index in [1.54, 1.807) is 0 Å². The van der Waals surface area contributed by atoms with Gasteiger partial charge in [-0.15, -0.1) is 0 Å². The van der Waals surface area contributed by atoms with Gasteiger partial charge in [-0.05, 0) is 18.4 Å². The third kappa shape index (κ3) is 4.06. The molecule has 1 atom stereocenters. The van der Waals surface area contributed by atoms with Crippen molar-refractivity contribution in [1.82, 2.24) is 0 Å². The Morgan fingerprint density at radius 2 is 1.89 bits per heavy atom. The highest BCUT2D eigenvalue weighted by Crippen LogP contribution is 2.31. The highest BCUT2D eigenvalue weighted by atomic mass is 16.5. The maximum Gasteiger partial charge on any atom is 0.316 e. The molecule has 0 saturated carbocycles. The molecule has 0 amide bonds. The Bertz CT molecular complexity index is 375. The predicted molar refractivity (Wildman–Crippen MR) is 76.4 cm³/mol. The first-order valence-electron chi connectivity index (χ1n) is 7.04. The topological polar surface area (TPSA) is 46.5 Å². The number of carboxylic acids is 1. The van der Waals surface area contributed by atoms with E-state index in [9.17, 15) is 9.90 Å². The lowest BCUT2D eigenvalue weighted by Gasteiger charge is -2.29. The summed E-state index contributed by atoms with van der Waals surface area (Å²) in [6.07, 6.45) is 3.39. The molecule has 19 heavy (non-hydrogen) atoms. The third-order valence-corrected chi connectivity index (χ3v) is 3.39. The molecule has 3 nitrogen and oxygen atoms in total. The van der Waals surface area contributed by atoms with Crippen molar-refractivity contribution in [2.24, 2.45) is 0 Å². The van der Waals surface area contributed by atoms with Crippen LogP contribution in [0, 0.1) is 0 Å². The quantitative estimate of drug-likeness (QED) is 0.693. The maximum absolute atomic E-state index is 11.8. The highest BCUT2D eigenvalue weighted by molar-refractivity contribution is 5.81. The van der Waals surface area contributed by atoms with Crippen molar-refractivity contribution in [3.8, 4) is 0 Å². The summed E-state index contributed by atoms with van der Waals surface area (Å²) in [5.74, 6) is -0.789. The van der Waals surface area contributed by atoms with Gasteiger partial charge in [0.25, 0.3) is 0 Å². The van der Waals surface area contributed by atoms with E-state index in [0.29, 0.717) is 13.0 Å². The van der Waals surface area contributed by atoms with E-state index in [4.69, 9.17) is 4.74 Å².